The number of anilines is 1. The number of aryl methyl sites for hydroxylation is 1. The number of nitrogens with zero attached hydrogens (tertiary/aromatic N) is 2. The third-order valence-corrected chi connectivity index (χ3v) is 3.40. The molecule has 1 amide bonds. The van der Waals surface area contributed by atoms with E-state index in [2.05, 4.69) is 28.4 Å². The van der Waals surface area contributed by atoms with Crippen molar-refractivity contribution in [2.24, 2.45) is 0 Å². The van der Waals surface area contributed by atoms with Crippen LogP contribution in [0.25, 0.3) is 22.8 Å². The van der Waals surface area contributed by atoms with E-state index in [1.807, 2.05) is 18.2 Å². The smallest absolute Gasteiger partial charge is 0.409 e. The van der Waals surface area contributed by atoms with Crippen molar-refractivity contribution in [3.05, 3.63) is 54.1 Å². The van der Waals surface area contributed by atoms with Crippen LogP contribution in [-0.2, 0) is 6.42 Å². The second-order valence-corrected chi connectivity index (χ2v) is 4.98. The minimum absolute atomic E-state index is 0.461. The Bertz CT molecular complexity index is 825. The van der Waals surface area contributed by atoms with Gasteiger partial charge in [-0.3, -0.25) is 5.32 Å². The number of nitrogens with one attached hydrogen (secondary N) is 1. The molecular formula is C17H15N3O3. The molecule has 0 spiro atoms. The van der Waals surface area contributed by atoms with Crippen LogP contribution in [0.1, 0.15) is 12.5 Å². The molecule has 0 atom stereocenters. The summed E-state index contributed by atoms with van der Waals surface area (Å²) in [5.41, 5.74) is 3.32. The van der Waals surface area contributed by atoms with E-state index in [0.29, 0.717) is 17.4 Å². The molecule has 0 aliphatic rings. The average molecular weight is 309 g/mol. The molecule has 0 unspecified atom stereocenters. The maximum absolute atomic E-state index is 10.6. The van der Waals surface area contributed by atoms with Gasteiger partial charge in [-0.15, -0.1) is 0 Å². The van der Waals surface area contributed by atoms with Gasteiger partial charge in [0.05, 0.1) is 0 Å². The summed E-state index contributed by atoms with van der Waals surface area (Å²) in [5.74, 6) is 0.923. The molecule has 3 aromatic rings. The fourth-order valence-corrected chi connectivity index (χ4v) is 2.21. The molecule has 1 aromatic heterocycles. The molecule has 0 fully saturated rings. The maximum atomic E-state index is 10.6. The molecule has 116 valence electrons. The summed E-state index contributed by atoms with van der Waals surface area (Å²) >= 11 is 0. The topological polar surface area (TPSA) is 88.2 Å². The first kappa shape index (κ1) is 14.8. The highest BCUT2D eigenvalue weighted by molar-refractivity contribution is 5.83. The summed E-state index contributed by atoms with van der Waals surface area (Å²) < 4.78 is 5.33. The molecule has 23 heavy (non-hydrogen) atoms. The van der Waals surface area contributed by atoms with Gasteiger partial charge in [0.1, 0.15) is 0 Å². The Kier molecular flexibility index (Phi) is 4.05. The van der Waals surface area contributed by atoms with E-state index >= 15 is 0 Å². The Morgan fingerprint density at radius 2 is 1.96 bits per heavy atom. The van der Waals surface area contributed by atoms with E-state index in [1.165, 1.54) is 5.56 Å². The normalized spacial score (nSPS) is 10.5. The highest BCUT2D eigenvalue weighted by atomic mass is 16.5. The molecule has 6 nitrogen and oxygen atoms in total. The van der Waals surface area contributed by atoms with Crippen LogP contribution in [0.4, 0.5) is 10.5 Å². The van der Waals surface area contributed by atoms with Crippen LogP contribution in [0.3, 0.4) is 0 Å². The number of hydrogen-bond donors (Lipinski definition) is 2. The lowest BCUT2D eigenvalue weighted by atomic mass is 10.1. The first-order chi connectivity index (χ1) is 11.2. The van der Waals surface area contributed by atoms with Gasteiger partial charge in [-0.1, -0.05) is 24.2 Å². The minimum atomic E-state index is -1.10. The number of carbonyl (C=O) groups is 1. The molecule has 0 aliphatic heterocycles. The van der Waals surface area contributed by atoms with E-state index in [-0.39, 0.29) is 0 Å². The lowest BCUT2D eigenvalue weighted by Crippen LogP contribution is -2.06. The second kappa shape index (κ2) is 6.31. The zero-order valence-corrected chi connectivity index (χ0v) is 12.5. The lowest BCUT2D eigenvalue weighted by molar-refractivity contribution is 0.210. The summed E-state index contributed by atoms with van der Waals surface area (Å²) in [6.07, 6.45) is -0.164. The number of aromatic nitrogens is 2. The number of benzene rings is 2. The second-order valence-electron chi connectivity index (χ2n) is 4.98. The van der Waals surface area contributed by atoms with Gasteiger partial charge in [0.2, 0.25) is 5.82 Å². The predicted octanol–water partition coefficient (Wildman–Crippen LogP) is 4.06. The van der Waals surface area contributed by atoms with Crippen molar-refractivity contribution >= 4 is 11.8 Å². The molecule has 0 aliphatic carbocycles. The third-order valence-electron chi connectivity index (χ3n) is 3.40. The number of amides is 1. The highest BCUT2D eigenvalue weighted by Gasteiger charge is 2.11. The van der Waals surface area contributed by atoms with Crippen molar-refractivity contribution in [1.82, 2.24) is 10.1 Å². The number of rotatable bonds is 4. The van der Waals surface area contributed by atoms with Crippen LogP contribution in [0.15, 0.2) is 53.1 Å². The molecule has 0 radical (unpaired) electrons. The van der Waals surface area contributed by atoms with Crippen LogP contribution >= 0.6 is 0 Å². The van der Waals surface area contributed by atoms with Crippen molar-refractivity contribution in [3.63, 3.8) is 0 Å². The first-order valence-corrected chi connectivity index (χ1v) is 7.19. The van der Waals surface area contributed by atoms with Crippen LogP contribution in [0.2, 0.25) is 0 Å². The zero-order chi connectivity index (χ0) is 16.2. The molecule has 6 heteroatoms. The lowest BCUT2D eigenvalue weighted by Gasteiger charge is -2.00. The number of hydrogen-bond acceptors (Lipinski definition) is 4. The quantitative estimate of drug-likeness (QED) is 0.759. The SMILES string of the molecule is CCc1cccc(-c2nc(-c3ccc(NC(=O)O)cc3)no2)c1. The van der Waals surface area contributed by atoms with Gasteiger partial charge in [0.25, 0.3) is 5.89 Å². The van der Waals surface area contributed by atoms with Gasteiger partial charge < -0.3 is 9.63 Å². The molecule has 0 saturated heterocycles. The summed E-state index contributed by atoms with van der Waals surface area (Å²) in [7, 11) is 0. The monoisotopic (exact) mass is 309 g/mol. The van der Waals surface area contributed by atoms with Crippen LogP contribution in [-0.4, -0.2) is 21.3 Å². The van der Waals surface area contributed by atoms with Gasteiger partial charge >= 0.3 is 6.09 Å². The van der Waals surface area contributed by atoms with E-state index in [0.717, 1.165) is 17.5 Å². The average Bonchev–Trinajstić information content (AvgIpc) is 3.05. The Morgan fingerprint density at radius 3 is 2.65 bits per heavy atom. The molecular weight excluding hydrogens is 294 g/mol. The zero-order valence-electron chi connectivity index (χ0n) is 12.5. The first-order valence-electron chi connectivity index (χ1n) is 7.19. The minimum Gasteiger partial charge on any atom is -0.465 e. The summed E-state index contributed by atoms with van der Waals surface area (Å²) in [6.45, 7) is 2.09. The van der Waals surface area contributed by atoms with Gasteiger partial charge in [-0.25, -0.2) is 4.79 Å². The molecule has 0 bridgehead atoms. The van der Waals surface area contributed by atoms with Crippen LogP contribution in [0, 0.1) is 0 Å². The molecule has 3 rings (SSSR count). The fourth-order valence-electron chi connectivity index (χ4n) is 2.21. The van der Waals surface area contributed by atoms with Crippen molar-refractivity contribution in [1.29, 1.82) is 0 Å². The van der Waals surface area contributed by atoms with Gasteiger partial charge in [-0.2, -0.15) is 4.98 Å². The van der Waals surface area contributed by atoms with E-state index in [1.54, 1.807) is 24.3 Å². The molecule has 2 N–H and O–H groups in total. The number of carboxylic acid groups (broad SMARTS) is 1. The van der Waals surface area contributed by atoms with Crippen LogP contribution < -0.4 is 5.32 Å². The van der Waals surface area contributed by atoms with E-state index in [4.69, 9.17) is 9.63 Å². The summed E-state index contributed by atoms with van der Waals surface area (Å²) in [5, 5.41) is 14.9. The van der Waals surface area contributed by atoms with Crippen molar-refractivity contribution in [3.8, 4) is 22.8 Å². The Morgan fingerprint density at radius 1 is 1.17 bits per heavy atom. The highest BCUT2D eigenvalue weighted by Crippen LogP contribution is 2.24. The Labute approximate surface area is 132 Å². The Hall–Kier alpha value is -3.15. The van der Waals surface area contributed by atoms with Crippen molar-refractivity contribution in [2.45, 2.75) is 13.3 Å². The standard InChI is InChI=1S/C17H15N3O3/c1-2-11-4-3-5-13(10-11)16-19-15(20-23-16)12-6-8-14(9-7-12)18-17(21)22/h3-10,18H,2H2,1H3,(H,21,22). The molecule has 2 aromatic carbocycles. The van der Waals surface area contributed by atoms with E-state index in [9.17, 15) is 4.79 Å². The fraction of sp³-hybridized carbons (Fsp3) is 0.118. The summed E-state index contributed by atoms with van der Waals surface area (Å²) in [6, 6.07) is 14.7. The van der Waals surface area contributed by atoms with Crippen LogP contribution in [0.5, 0.6) is 0 Å². The molecule has 1 heterocycles. The van der Waals surface area contributed by atoms with Gasteiger partial charge in [0.15, 0.2) is 0 Å². The van der Waals surface area contributed by atoms with Crippen molar-refractivity contribution < 1.29 is 14.4 Å². The largest absolute Gasteiger partial charge is 0.465 e. The summed E-state index contributed by atoms with van der Waals surface area (Å²) in [4.78, 5) is 15.0. The Balaban J connectivity index is 1.85. The van der Waals surface area contributed by atoms with E-state index < -0.39 is 6.09 Å². The van der Waals surface area contributed by atoms with Crippen molar-refractivity contribution in [2.75, 3.05) is 5.32 Å². The third kappa shape index (κ3) is 3.37. The predicted molar refractivity (Wildman–Crippen MR) is 86.2 cm³/mol. The molecule has 0 saturated carbocycles. The van der Waals surface area contributed by atoms with Gasteiger partial charge in [0, 0.05) is 16.8 Å². The van der Waals surface area contributed by atoms with Gasteiger partial charge in [-0.05, 0) is 48.4 Å². The maximum Gasteiger partial charge on any atom is 0.409 e.